The summed E-state index contributed by atoms with van der Waals surface area (Å²) in [5, 5.41) is 0. The lowest BCUT2D eigenvalue weighted by atomic mass is 10.0. The first-order valence-electron chi connectivity index (χ1n) is 3.97. The molecule has 0 aliphatic rings. The van der Waals surface area contributed by atoms with Gasteiger partial charge in [0.1, 0.15) is 0 Å². The third-order valence-corrected chi connectivity index (χ3v) is 1.72. The van der Waals surface area contributed by atoms with Gasteiger partial charge in [-0.2, -0.15) is 0 Å². The van der Waals surface area contributed by atoms with Crippen molar-refractivity contribution < 1.29 is 4.79 Å². The number of carbonyl (C=O) groups is 1. The smallest absolute Gasteiger partial charge is 0.179 e. The molecule has 0 spiro atoms. The summed E-state index contributed by atoms with van der Waals surface area (Å²) >= 11 is 0. The van der Waals surface area contributed by atoms with Crippen LogP contribution in [0.5, 0.6) is 0 Å². The van der Waals surface area contributed by atoms with E-state index in [1.807, 2.05) is 25.1 Å². The van der Waals surface area contributed by atoms with E-state index in [0.29, 0.717) is 5.56 Å². The Labute approximate surface area is 72.4 Å². The maximum Gasteiger partial charge on any atom is 0.179 e. The first kappa shape index (κ1) is 8.94. The van der Waals surface area contributed by atoms with Crippen LogP contribution in [0.2, 0.25) is 0 Å². The summed E-state index contributed by atoms with van der Waals surface area (Å²) in [7, 11) is 0. The number of aryl methyl sites for hydroxylation is 1. The second kappa shape index (κ2) is 3.50. The quantitative estimate of drug-likeness (QED) is 0.672. The molecule has 0 fully saturated rings. The van der Waals surface area contributed by atoms with Crippen LogP contribution in [0.4, 0.5) is 0 Å². The molecule has 1 aromatic carbocycles. The maximum absolute atomic E-state index is 11.4. The molecule has 1 unspecified atom stereocenters. The summed E-state index contributed by atoms with van der Waals surface area (Å²) < 4.78 is 0. The van der Waals surface area contributed by atoms with E-state index in [9.17, 15) is 4.79 Å². The summed E-state index contributed by atoms with van der Waals surface area (Å²) in [6.07, 6.45) is 0. The molecule has 0 bridgehead atoms. The molecule has 64 valence electrons. The highest BCUT2D eigenvalue weighted by Gasteiger charge is 2.09. The van der Waals surface area contributed by atoms with E-state index in [2.05, 4.69) is 0 Å². The monoisotopic (exact) mass is 163 g/mol. The number of ketones is 1. The minimum Gasteiger partial charge on any atom is -0.321 e. The van der Waals surface area contributed by atoms with E-state index >= 15 is 0 Å². The molecule has 0 aliphatic carbocycles. The summed E-state index contributed by atoms with van der Waals surface area (Å²) in [5.74, 6) is -0.00120. The number of hydrogen-bond donors (Lipinski definition) is 1. The fourth-order valence-corrected chi connectivity index (χ4v) is 1.06. The summed E-state index contributed by atoms with van der Waals surface area (Å²) in [5.41, 5.74) is 7.25. The summed E-state index contributed by atoms with van der Waals surface area (Å²) in [6.45, 7) is 3.66. The number of hydrogen-bond acceptors (Lipinski definition) is 2. The largest absolute Gasteiger partial charge is 0.321 e. The molecule has 0 aromatic heterocycles. The molecule has 1 aromatic rings. The van der Waals surface area contributed by atoms with Gasteiger partial charge in [-0.25, -0.2) is 0 Å². The van der Waals surface area contributed by atoms with Gasteiger partial charge in [0.15, 0.2) is 5.78 Å². The SMILES string of the molecule is Cc1cccc(C(=O)C(C)N)c1. The van der Waals surface area contributed by atoms with Gasteiger partial charge >= 0.3 is 0 Å². The summed E-state index contributed by atoms with van der Waals surface area (Å²) in [4.78, 5) is 11.4. The first-order chi connectivity index (χ1) is 5.61. The lowest BCUT2D eigenvalue weighted by Gasteiger charge is -2.04. The van der Waals surface area contributed by atoms with Crippen molar-refractivity contribution in [3.05, 3.63) is 35.4 Å². The second-order valence-electron chi connectivity index (χ2n) is 3.02. The van der Waals surface area contributed by atoms with E-state index in [0.717, 1.165) is 5.56 Å². The van der Waals surface area contributed by atoms with E-state index < -0.39 is 6.04 Å². The zero-order chi connectivity index (χ0) is 9.14. The lowest BCUT2D eigenvalue weighted by Crippen LogP contribution is -2.26. The zero-order valence-corrected chi connectivity index (χ0v) is 7.37. The Morgan fingerprint density at radius 1 is 1.50 bits per heavy atom. The van der Waals surface area contributed by atoms with Gasteiger partial charge in [0, 0.05) is 5.56 Å². The van der Waals surface area contributed by atoms with Gasteiger partial charge in [-0.1, -0.05) is 23.8 Å². The molecule has 0 amide bonds. The number of rotatable bonds is 2. The Bertz CT molecular complexity index is 292. The van der Waals surface area contributed by atoms with Gasteiger partial charge in [0.25, 0.3) is 0 Å². The molecule has 0 saturated carbocycles. The van der Waals surface area contributed by atoms with Gasteiger partial charge in [-0.05, 0) is 19.9 Å². The van der Waals surface area contributed by atoms with E-state index in [1.165, 1.54) is 0 Å². The normalized spacial score (nSPS) is 12.6. The van der Waals surface area contributed by atoms with Crippen LogP contribution in [0.25, 0.3) is 0 Å². The standard InChI is InChI=1S/C10H13NO/c1-7-4-3-5-9(6-7)10(12)8(2)11/h3-6,8H,11H2,1-2H3. The van der Waals surface area contributed by atoms with Crippen molar-refractivity contribution in [2.75, 3.05) is 0 Å². The third kappa shape index (κ3) is 1.92. The Morgan fingerprint density at radius 3 is 2.67 bits per heavy atom. The highest BCUT2D eigenvalue weighted by molar-refractivity contribution is 5.99. The zero-order valence-electron chi connectivity index (χ0n) is 7.37. The Morgan fingerprint density at radius 2 is 2.17 bits per heavy atom. The van der Waals surface area contributed by atoms with Crippen LogP contribution >= 0.6 is 0 Å². The van der Waals surface area contributed by atoms with Crippen molar-refractivity contribution >= 4 is 5.78 Å². The molecule has 2 nitrogen and oxygen atoms in total. The van der Waals surface area contributed by atoms with Gasteiger partial charge in [0.2, 0.25) is 0 Å². The molecule has 0 heterocycles. The van der Waals surface area contributed by atoms with Crippen molar-refractivity contribution in [2.24, 2.45) is 5.73 Å². The molecule has 1 atom stereocenters. The van der Waals surface area contributed by atoms with Crippen molar-refractivity contribution in [3.63, 3.8) is 0 Å². The second-order valence-corrected chi connectivity index (χ2v) is 3.02. The lowest BCUT2D eigenvalue weighted by molar-refractivity contribution is 0.0968. The van der Waals surface area contributed by atoms with Crippen molar-refractivity contribution in [1.82, 2.24) is 0 Å². The predicted molar refractivity (Wildman–Crippen MR) is 49.2 cm³/mol. The topological polar surface area (TPSA) is 43.1 Å². The maximum atomic E-state index is 11.4. The molecule has 0 saturated heterocycles. The van der Waals surface area contributed by atoms with Gasteiger partial charge in [-0.15, -0.1) is 0 Å². The van der Waals surface area contributed by atoms with Crippen LogP contribution in [0.15, 0.2) is 24.3 Å². The molecule has 0 radical (unpaired) electrons. The highest BCUT2D eigenvalue weighted by atomic mass is 16.1. The van der Waals surface area contributed by atoms with E-state index in [4.69, 9.17) is 5.73 Å². The third-order valence-electron chi connectivity index (χ3n) is 1.72. The van der Waals surface area contributed by atoms with Crippen LogP contribution in [0.3, 0.4) is 0 Å². The van der Waals surface area contributed by atoms with Crippen LogP contribution in [0.1, 0.15) is 22.8 Å². The van der Waals surface area contributed by atoms with Crippen LogP contribution in [-0.4, -0.2) is 11.8 Å². The fourth-order valence-electron chi connectivity index (χ4n) is 1.06. The predicted octanol–water partition coefficient (Wildman–Crippen LogP) is 1.52. The molecular formula is C10H13NO. The number of Topliss-reactive ketones (excluding diaryl/α,β-unsaturated/α-hetero) is 1. The number of carbonyl (C=O) groups excluding carboxylic acids is 1. The molecule has 12 heavy (non-hydrogen) atoms. The number of benzene rings is 1. The summed E-state index contributed by atoms with van der Waals surface area (Å²) in [6, 6.07) is 7.06. The van der Waals surface area contributed by atoms with E-state index in [1.54, 1.807) is 13.0 Å². The highest BCUT2D eigenvalue weighted by Crippen LogP contribution is 2.05. The van der Waals surface area contributed by atoms with Crippen molar-refractivity contribution in [3.8, 4) is 0 Å². The van der Waals surface area contributed by atoms with Crippen LogP contribution in [0, 0.1) is 6.92 Å². The van der Waals surface area contributed by atoms with Gasteiger partial charge < -0.3 is 5.73 Å². The minimum atomic E-state index is -0.410. The van der Waals surface area contributed by atoms with Crippen molar-refractivity contribution in [2.45, 2.75) is 19.9 Å². The van der Waals surface area contributed by atoms with Crippen LogP contribution < -0.4 is 5.73 Å². The van der Waals surface area contributed by atoms with Crippen LogP contribution in [-0.2, 0) is 0 Å². The van der Waals surface area contributed by atoms with Crippen molar-refractivity contribution in [1.29, 1.82) is 0 Å². The minimum absolute atomic E-state index is 0.00120. The molecule has 1 rings (SSSR count). The van der Waals surface area contributed by atoms with E-state index in [-0.39, 0.29) is 5.78 Å². The Kier molecular flexibility index (Phi) is 2.61. The first-order valence-corrected chi connectivity index (χ1v) is 3.97. The fraction of sp³-hybridized carbons (Fsp3) is 0.300. The van der Waals surface area contributed by atoms with Gasteiger partial charge in [0.05, 0.1) is 6.04 Å². The Balaban J connectivity index is 2.96. The van der Waals surface area contributed by atoms with Gasteiger partial charge in [-0.3, -0.25) is 4.79 Å². The molecule has 0 aliphatic heterocycles. The molecule has 2 heteroatoms. The molecular weight excluding hydrogens is 150 g/mol. The number of nitrogens with two attached hydrogens (primary N) is 1. The average molecular weight is 163 g/mol. The Hall–Kier alpha value is -1.15. The average Bonchev–Trinajstić information content (AvgIpc) is 2.03. The molecule has 2 N–H and O–H groups in total.